The van der Waals surface area contributed by atoms with E-state index >= 15 is 0 Å². The van der Waals surface area contributed by atoms with Gasteiger partial charge in [0.25, 0.3) is 11.6 Å². The Labute approximate surface area is 123 Å². The summed E-state index contributed by atoms with van der Waals surface area (Å²) in [7, 11) is 0. The predicted octanol–water partition coefficient (Wildman–Crippen LogP) is 1.97. The topological polar surface area (TPSA) is 107 Å². The number of nitro benzene ring substituents is 1. The molecular formula is C14H21N3O4. The van der Waals surface area contributed by atoms with Crippen molar-refractivity contribution >= 4 is 17.3 Å². The first kappa shape index (κ1) is 16.9. The molecule has 0 aliphatic heterocycles. The zero-order valence-electron chi connectivity index (χ0n) is 12.5. The lowest BCUT2D eigenvalue weighted by Crippen LogP contribution is -2.41. The Kier molecular flexibility index (Phi) is 6.10. The highest BCUT2D eigenvalue weighted by molar-refractivity contribution is 5.95. The summed E-state index contributed by atoms with van der Waals surface area (Å²) < 4.78 is 5.34. The summed E-state index contributed by atoms with van der Waals surface area (Å²) >= 11 is 0. The molecule has 1 atom stereocenters. The third-order valence-electron chi connectivity index (χ3n) is 3.11. The Morgan fingerprint density at radius 3 is 2.62 bits per heavy atom. The number of nitrogens with zero attached hydrogens (tertiary/aromatic N) is 1. The van der Waals surface area contributed by atoms with Gasteiger partial charge in [0.1, 0.15) is 5.69 Å². The van der Waals surface area contributed by atoms with Crippen LogP contribution in [0, 0.1) is 16.0 Å². The molecule has 0 spiro atoms. The molecule has 0 saturated carbocycles. The molecule has 0 saturated heterocycles. The van der Waals surface area contributed by atoms with Crippen molar-refractivity contribution in [1.29, 1.82) is 0 Å². The number of nitro groups is 1. The van der Waals surface area contributed by atoms with E-state index in [9.17, 15) is 14.9 Å². The summed E-state index contributed by atoms with van der Waals surface area (Å²) in [4.78, 5) is 22.3. The maximum absolute atomic E-state index is 12.2. The van der Waals surface area contributed by atoms with Gasteiger partial charge in [-0.25, -0.2) is 0 Å². The van der Waals surface area contributed by atoms with Crippen LogP contribution in [-0.2, 0) is 4.74 Å². The first-order chi connectivity index (χ1) is 9.86. The average Bonchev–Trinajstić information content (AvgIpc) is 2.42. The maximum atomic E-state index is 12.2. The summed E-state index contributed by atoms with van der Waals surface area (Å²) in [5.74, 6) is -0.120. The van der Waals surface area contributed by atoms with Crippen LogP contribution in [0.4, 0.5) is 11.4 Å². The molecule has 1 unspecified atom stereocenters. The van der Waals surface area contributed by atoms with E-state index in [-0.39, 0.29) is 29.2 Å². The molecule has 0 heterocycles. The van der Waals surface area contributed by atoms with Crippen LogP contribution in [0.1, 0.15) is 31.1 Å². The van der Waals surface area contributed by atoms with Gasteiger partial charge in [0.15, 0.2) is 0 Å². The Bertz CT molecular complexity index is 517. The quantitative estimate of drug-likeness (QED) is 0.454. The first-order valence-corrected chi connectivity index (χ1v) is 6.79. The van der Waals surface area contributed by atoms with E-state index < -0.39 is 4.92 Å². The van der Waals surface area contributed by atoms with E-state index in [0.29, 0.717) is 18.8 Å². The number of amides is 1. The van der Waals surface area contributed by atoms with Gasteiger partial charge in [0.2, 0.25) is 0 Å². The van der Waals surface area contributed by atoms with Crippen LogP contribution < -0.4 is 11.1 Å². The largest absolute Gasteiger partial charge is 0.393 e. The minimum atomic E-state index is -0.580. The second-order valence-corrected chi connectivity index (χ2v) is 5.01. The van der Waals surface area contributed by atoms with E-state index in [1.807, 2.05) is 20.8 Å². The second-order valence-electron chi connectivity index (χ2n) is 5.01. The molecule has 3 N–H and O–H groups in total. The molecule has 0 aromatic heterocycles. The molecule has 7 nitrogen and oxygen atoms in total. The van der Waals surface area contributed by atoms with Crippen molar-refractivity contribution in [2.24, 2.45) is 5.92 Å². The third-order valence-corrected chi connectivity index (χ3v) is 3.11. The molecule has 1 aromatic rings. The SMILES string of the molecule is CCOCC(NC(=O)c1ccc([N+](=O)[O-])c(N)c1)C(C)C. The molecule has 0 radical (unpaired) electrons. The minimum Gasteiger partial charge on any atom is -0.393 e. The predicted molar refractivity (Wildman–Crippen MR) is 80.1 cm³/mol. The van der Waals surface area contributed by atoms with E-state index in [1.54, 1.807) is 0 Å². The number of nitrogen functional groups attached to an aromatic ring is 1. The lowest BCUT2D eigenvalue weighted by molar-refractivity contribution is -0.383. The van der Waals surface area contributed by atoms with Crippen molar-refractivity contribution in [2.45, 2.75) is 26.8 Å². The fourth-order valence-corrected chi connectivity index (χ4v) is 1.76. The van der Waals surface area contributed by atoms with E-state index in [4.69, 9.17) is 10.5 Å². The molecule has 0 fully saturated rings. The van der Waals surface area contributed by atoms with Crippen LogP contribution in [0.25, 0.3) is 0 Å². The number of carbonyl (C=O) groups excluding carboxylic acids is 1. The monoisotopic (exact) mass is 295 g/mol. The molecule has 116 valence electrons. The molecule has 1 rings (SSSR count). The van der Waals surface area contributed by atoms with Crippen LogP contribution in [0.3, 0.4) is 0 Å². The molecule has 0 aliphatic carbocycles. The standard InChI is InChI=1S/C14H21N3O4/c1-4-21-8-12(9(2)3)16-14(18)10-5-6-13(17(19)20)11(15)7-10/h5-7,9,12H,4,8,15H2,1-3H3,(H,16,18). The fraction of sp³-hybridized carbons (Fsp3) is 0.500. The summed E-state index contributed by atoms with van der Waals surface area (Å²) in [5, 5.41) is 13.6. The number of benzene rings is 1. The summed E-state index contributed by atoms with van der Waals surface area (Å²) in [6, 6.07) is 3.80. The van der Waals surface area contributed by atoms with E-state index in [1.165, 1.54) is 18.2 Å². The molecule has 1 amide bonds. The Morgan fingerprint density at radius 1 is 1.48 bits per heavy atom. The van der Waals surface area contributed by atoms with Gasteiger partial charge in [0, 0.05) is 18.2 Å². The number of carbonyl (C=O) groups is 1. The van der Waals surface area contributed by atoms with Gasteiger partial charge < -0.3 is 15.8 Å². The van der Waals surface area contributed by atoms with Gasteiger partial charge in [-0.05, 0) is 25.0 Å². The highest BCUT2D eigenvalue weighted by Crippen LogP contribution is 2.22. The Hall–Kier alpha value is -2.15. The van der Waals surface area contributed by atoms with Crippen molar-refractivity contribution in [3.63, 3.8) is 0 Å². The van der Waals surface area contributed by atoms with Gasteiger partial charge in [-0.15, -0.1) is 0 Å². The number of anilines is 1. The van der Waals surface area contributed by atoms with Crippen molar-refractivity contribution in [3.8, 4) is 0 Å². The van der Waals surface area contributed by atoms with Gasteiger partial charge in [0.05, 0.1) is 17.6 Å². The third kappa shape index (κ3) is 4.71. The van der Waals surface area contributed by atoms with Crippen LogP contribution >= 0.6 is 0 Å². The van der Waals surface area contributed by atoms with E-state index in [2.05, 4.69) is 5.32 Å². The molecule has 0 aliphatic rings. The normalized spacial score (nSPS) is 12.2. The molecule has 21 heavy (non-hydrogen) atoms. The van der Waals surface area contributed by atoms with Gasteiger partial charge in [-0.2, -0.15) is 0 Å². The molecule has 7 heteroatoms. The van der Waals surface area contributed by atoms with Crippen molar-refractivity contribution in [2.75, 3.05) is 18.9 Å². The van der Waals surface area contributed by atoms with Crippen molar-refractivity contribution < 1.29 is 14.5 Å². The number of nitrogens with one attached hydrogen (secondary N) is 1. The smallest absolute Gasteiger partial charge is 0.292 e. The number of hydrogen-bond acceptors (Lipinski definition) is 5. The molecule has 0 bridgehead atoms. The number of hydrogen-bond donors (Lipinski definition) is 2. The van der Waals surface area contributed by atoms with Gasteiger partial charge in [-0.1, -0.05) is 13.8 Å². The number of ether oxygens (including phenoxy) is 1. The Balaban J connectivity index is 2.83. The minimum absolute atomic E-state index is 0.0291. The van der Waals surface area contributed by atoms with Crippen LogP contribution in [0.15, 0.2) is 18.2 Å². The molecular weight excluding hydrogens is 274 g/mol. The fourth-order valence-electron chi connectivity index (χ4n) is 1.76. The van der Waals surface area contributed by atoms with Gasteiger partial charge in [-0.3, -0.25) is 14.9 Å². The highest BCUT2D eigenvalue weighted by atomic mass is 16.6. The lowest BCUT2D eigenvalue weighted by atomic mass is 10.0. The summed E-state index contributed by atoms with van der Waals surface area (Å²) in [6.07, 6.45) is 0. The molecule has 1 aromatic carbocycles. The Morgan fingerprint density at radius 2 is 2.14 bits per heavy atom. The number of rotatable bonds is 7. The van der Waals surface area contributed by atoms with E-state index in [0.717, 1.165) is 0 Å². The van der Waals surface area contributed by atoms with Crippen LogP contribution in [0.5, 0.6) is 0 Å². The first-order valence-electron chi connectivity index (χ1n) is 6.79. The van der Waals surface area contributed by atoms with Gasteiger partial charge >= 0.3 is 0 Å². The zero-order valence-corrected chi connectivity index (χ0v) is 12.5. The zero-order chi connectivity index (χ0) is 16.0. The maximum Gasteiger partial charge on any atom is 0.292 e. The van der Waals surface area contributed by atoms with Crippen LogP contribution in [-0.4, -0.2) is 30.1 Å². The summed E-state index contributed by atoms with van der Waals surface area (Å²) in [6.45, 7) is 6.84. The lowest BCUT2D eigenvalue weighted by Gasteiger charge is -2.22. The van der Waals surface area contributed by atoms with Crippen molar-refractivity contribution in [3.05, 3.63) is 33.9 Å². The number of nitrogens with two attached hydrogens (primary N) is 1. The van der Waals surface area contributed by atoms with Crippen molar-refractivity contribution in [1.82, 2.24) is 5.32 Å². The van der Waals surface area contributed by atoms with Crippen LogP contribution in [0.2, 0.25) is 0 Å². The summed E-state index contributed by atoms with van der Waals surface area (Å²) in [5.41, 5.74) is 5.64. The highest BCUT2D eigenvalue weighted by Gasteiger charge is 2.19. The average molecular weight is 295 g/mol. The second kappa shape index (κ2) is 7.58.